The summed E-state index contributed by atoms with van der Waals surface area (Å²) in [5.41, 5.74) is 16.4. The van der Waals surface area contributed by atoms with Gasteiger partial charge < -0.3 is 4.90 Å². The summed E-state index contributed by atoms with van der Waals surface area (Å²) in [6, 6.07) is 39.3. The molecular formula is C48H44N2. The van der Waals surface area contributed by atoms with Gasteiger partial charge in [-0.05, 0) is 149 Å². The van der Waals surface area contributed by atoms with Crippen LogP contribution < -0.4 is 4.90 Å². The fourth-order valence-corrected chi connectivity index (χ4v) is 12.2. The van der Waals surface area contributed by atoms with Crippen molar-refractivity contribution < 1.29 is 0 Å². The number of allylic oxidation sites excluding steroid dienone is 4. The molecule has 2 heteroatoms. The molecule has 11 rings (SSSR count). The molecule has 4 saturated carbocycles. The van der Waals surface area contributed by atoms with Crippen LogP contribution >= 0.6 is 0 Å². The molecule has 50 heavy (non-hydrogen) atoms. The lowest BCUT2D eigenvalue weighted by atomic mass is 9.31. The Hall–Kier alpha value is -4.69. The van der Waals surface area contributed by atoms with Gasteiger partial charge in [0.1, 0.15) is 0 Å². The molecule has 5 unspecified atom stereocenters. The van der Waals surface area contributed by atoms with Gasteiger partial charge in [0, 0.05) is 22.2 Å². The van der Waals surface area contributed by atoms with E-state index < -0.39 is 0 Å². The summed E-state index contributed by atoms with van der Waals surface area (Å²) in [5, 5.41) is 0. The van der Waals surface area contributed by atoms with Gasteiger partial charge in [-0.3, -0.25) is 4.98 Å². The molecule has 0 aliphatic heterocycles. The first kappa shape index (κ1) is 29.1. The van der Waals surface area contributed by atoms with Gasteiger partial charge in [0.25, 0.3) is 0 Å². The smallest absolute Gasteiger partial charge is 0.0700 e. The fraction of sp³-hybridized carbons (Fsp3) is 0.312. The van der Waals surface area contributed by atoms with Gasteiger partial charge >= 0.3 is 0 Å². The molecule has 0 amide bonds. The summed E-state index contributed by atoms with van der Waals surface area (Å²) in [4.78, 5) is 7.37. The van der Waals surface area contributed by atoms with Crippen LogP contribution in [0.2, 0.25) is 0 Å². The summed E-state index contributed by atoms with van der Waals surface area (Å²) in [5.74, 6) is 3.03. The second kappa shape index (κ2) is 10.2. The van der Waals surface area contributed by atoms with Crippen molar-refractivity contribution in [2.45, 2.75) is 69.6 Å². The Morgan fingerprint density at radius 3 is 2.16 bits per heavy atom. The number of hydrogen-bond donors (Lipinski definition) is 0. The van der Waals surface area contributed by atoms with Gasteiger partial charge in [0.05, 0.1) is 17.6 Å². The van der Waals surface area contributed by atoms with Crippen LogP contribution in [0.3, 0.4) is 0 Å². The maximum atomic E-state index is 4.99. The van der Waals surface area contributed by atoms with Crippen LogP contribution in [-0.4, -0.2) is 4.98 Å². The first-order valence-electron chi connectivity index (χ1n) is 19.0. The Bertz CT molecular complexity index is 2240. The van der Waals surface area contributed by atoms with Gasteiger partial charge in [-0.15, -0.1) is 0 Å². The third kappa shape index (κ3) is 3.78. The zero-order chi connectivity index (χ0) is 33.2. The molecule has 0 N–H and O–H groups in total. The van der Waals surface area contributed by atoms with Crippen LogP contribution in [0.5, 0.6) is 0 Å². The highest BCUT2D eigenvalue weighted by Crippen LogP contribution is 2.86. The van der Waals surface area contributed by atoms with Gasteiger partial charge in [0.2, 0.25) is 0 Å². The van der Waals surface area contributed by atoms with Crippen LogP contribution in [0, 0.1) is 23.2 Å². The molecule has 1 spiro atoms. The molecule has 5 aromatic rings. The van der Waals surface area contributed by atoms with Crippen LogP contribution in [-0.2, 0) is 10.8 Å². The van der Waals surface area contributed by atoms with Gasteiger partial charge in [-0.25, -0.2) is 0 Å². The van der Waals surface area contributed by atoms with Crippen LogP contribution in [0.15, 0.2) is 128 Å². The fourth-order valence-electron chi connectivity index (χ4n) is 12.2. The molecule has 2 nitrogen and oxygen atoms in total. The van der Waals surface area contributed by atoms with E-state index in [0.717, 1.165) is 53.4 Å². The summed E-state index contributed by atoms with van der Waals surface area (Å²) >= 11 is 0. The second-order valence-electron chi connectivity index (χ2n) is 16.9. The standard InChI is InChI=1S/C48H44N2/c1-46(2)43-11-7-6-10-41(43)42-22-20-39(26-44(42)46)50(40-21-23-45(49-30-40)34-8-4-3-5-9-34)38-18-14-33(15-19-38)32-12-16-35(17-13-32)47-27-31-24-36-25-37(29-47)48(36,47)28-31/h4,6-23,26,30-31,36-37H,3,5,24-25,27-29H2,1-2H3. The monoisotopic (exact) mass is 648 g/mol. The lowest BCUT2D eigenvalue weighted by Crippen LogP contribution is -2.68. The largest absolute Gasteiger partial charge is 0.309 e. The Balaban J connectivity index is 0.944. The van der Waals surface area contributed by atoms with E-state index in [1.807, 2.05) is 6.20 Å². The highest BCUT2D eigenvalue weighted by Gasteiger charge is 2.80. The van der Waals surface area contributed by atoms with E-state index in [-0.39, 0.29) is 5.41 Å². The minimum absolute atomic E-state index is 0.0668. The van der Waals surface area contributed by atoms with Crippen molar-refractivity contribution in [2.24, 2.45) is 23.2 Å². The highest BCUT2D eigenvalue weighted by atomic mass is 15.1. The molecule has 1 heterocycles. The van der Waals surface area contributed by atoms with Gasteiger partial charge in [-0.2, -0.15) is 0 Å². The van der Waals surface area contributed by atoms with Crippen molar-refractivity contribution in [2.75, 3.05) is 4.90 Å². The van der Waals surface area contributed by atoms with E-state index in [0.29, 0.717) is 10.8 Å². The summed E-state index contributed by atoms with van der Waals surface area (Å²) in [6.45, 7) is 4.72. The summed E-state index contributed by atoms with van der Waals surface area (Å²) < 4.78 is 0. The first-order valence-corrected chi connectivity index (χ1v) is 19.0. The van der Waals surface area contributed by atoms with Crippen molar-refractivity contribution in [1.82, 2.24) is 4.98 Å². The molecule has 4 aromatic carbocycles. The van der Waals surface area contributed by atoms with E-state index in [4.69, 9.17) is 4.98 Å². The third-order valence-corrected chi connectivity index (χ3v) is 14.4. The lowest BCUT2D eigenvalue weighted by Gasteiger charge is -2.73. The molecule has 6 aliphatic carbocycles. The maximum Gasteiger partial charge on any atom is 0.0700 e. The molecular weight excluding hydrogens is 605 g/mol. The number of rotatable bonds is 6. The molecule has 6 aliphatic rings. The number of anilines is 3. The van der Waals surface area contributed by atoms with E-state index >= 15 is 0 Å². The Morgan fingerprint density at radius 2 is 1.42 bits per heavy atom. The van der Waals surface area contributed by atoms with E-state index in [1.165, 1.54) is 71.1 Å². The molecule has 246 valence electrons. The topological polar surface area (TPSA) is 16.1 Å². The lowest BCUT2D eigenvalue weighted by molar-refractivity contribution is -0.198. The quantitative estimate of drug-likeness (QED) is 0.182. The molecule has 1 aromatic heterocycles. The predicted octanol–water partition coefficient (Wildman–Crippen LogP) is 12.3. The van der Waals surface area contributed by atoms with Crippen molar-refractivity contribution in [3.05, 3.63) is 150 Å². The SMILES string of the molecule is CC1(C)c2ccccc2-c2ccc(N(c3ccc(-c4ccc(C56CC7CC8CC(C5)C86C7)cc4)cc3)c3ccc(C4=CCCC=C4)nc3)cc21. The molecule has 2 bridgehead atoms. The first-order chi connectivity index (χ1) is 24.4. The number of pyridine rings is 1. The average Bonchev–Trinajstić information content (AvgIpc) is 3.74. The Labute approximate surface area is 296 Å². The van der Waals surface area contributed by atoms with Crippen LogP contribution in [0.1, 0.15) is 81.2 Å². The van der Waals surface area contributed by atoms with Crippen molar-refractivity contribution in [3.8, 4) is 22.3 Å². The van der Waals surface area contributed by atoms with Crippen molar-refractivity contribution in [3.63, 3.8) is 0 Å². The average molecular weight is 649 g/mol. The zero-order valence-electron chi connectivity index (χ0n) is 29.2. The van der Waals surface area contributed by atoms with E-state index in [2.05, 4.69) is 140 Å². The van der Waals surface area contributed by atoms with Gasteiger partial charge in [0.15, 0.2) is 0 Å². The molecule has 5 atom stereocenters. The highest BCUT2D eigenvalue weighted by molar-refractivity contribution is 5.86. The number of nitrogens with zero attached hydrogens (tertiary/aromatic N) is 2. The van der Waals surface area contributed by atoms with Gasteiger partial charge in [-0.1, -0.05) is 98.8 Å². The minimum atomic E-state index is -0.0668. The number of hydrogen-bond acceptors (Lipinski definition) is 2. The Kier molecular flexibility index (Phi) is 5.93. The van der Waals surface area contributed by atoms with Crippen LogP contribution in [0.25, 0.3) is 27.8 Å². The van der Waals surface area contributed by atoms with E-state index in [1.54, 1.807) is 5.56 Å². The molecule has 0 saturated heterocycles. The normalized spacial score (nSPS) is 28.6. The molecule has 4 fully saturated rings. The number of aromatic nitrogens is 1. The van der Waals surface area contributed by atoms with E-state index in [9.17, 15) is 0 Å². The number of benzene rings is 4. The predicted molar refractivity (Wildman–Crippen MR) is 206 cm³/mol. The third-order valence-electron chi connectivity index (χ3n) is 14.4. The van der Waals surface area contributed by atoms with Crippen molar-refractivity contribution >= 4 is 22.6 Å². The molecule has 0 radical (unpaired) electrons. The summed E-state index contributed by atoms with van der Waals surface area (Å²) in [7, 11) is 0. The Morgan fingerprint density at radius 1 is 0.660 bits per heavy atom. The maximum absolute atomic E-state index is 4.99. The number of fused-ring (bicyclic) bond motifs is 4. The zero-order valence-corrected chi connectivity index (χ0v) is 29.2. The van der Waals surface area contributed by atoms with Crippen LogP contribution in [0.4, 0.5) is 17.1 Å². The second-order valence-corrected chi connectivity index (χ2v) is 16.9. The summed E-state index contributed by atoms with van der Waals surface area (Å²) in [6.07, 6.45) is 18.4. The minimum Gasteiger partial charge on any atom is -0.309 e. The van der Waals surface area contributed by atoms with Crippen molar-refractivity contribution in [1.29, 1.82) is 0 Å².